The zero-order valence-electron chi connectivity index (χ0n) is 15.1. The highest BCUT2D eigenvalue weighted by Gasteiger charge is 2.19. The molecular weight excluding hydrogens is 385 g/mol. The van der Waals surface area contributed by atoms with Crippen molar-refractivity contribution in [3.63, 3.8) is 0 Å². The highest BCUT2D eigenvalue weighted by molar-refractivity contribution is 7.99. The molecule has 1 amide bonds. The molecule has 0 aromatic heterocycles. The summed E-state index contributed by atoms with van der Waals surface area (Å²) < 4.78 is 18.3. The van der Waals surface area contributed by atoms with E-state index in [4.69, 9.17) is 4.74 Å². The Bertz CT molecular complexity index is 842. The van der Waals surface area contributed by atoms with Crippen molar-refractivity contribution in [3.8, 4) is 0 Å². The fraction of sp³-hybridized carbons (Fsp3) is 0.316. The molecule has 1 fully saturated rings. The van der Waals surface area contributed by atoms with Gasteiger partial charge in [-0.2, -0.15) is 0 Å². The molecule has 0 bridgehead atoms. The van der Waals surface area contributed by atoms with Gasteiger partial charge in [-0.1, -0.05) is 11.8 Å². The Hall–Kier alpha value is -2.49. The third kappa shape index (κ3) is 5.51. The molecule has 3 rings (SSSR count). The van der Waals surface area contributed by atoms with E-state index in [1.54, 1.807) is 24.3 Å². The van der Waals surface area contributed by atoms with Crippen molar-refractivity contribution in [2.45, 2.75) is 9.79 Å². The normalized spacial score (nSPS) is 14.6. The van der Waals surface area contributed by atoms with E-state index >= 15 is 0 Å². The van der Waals surface area contributed by atoms with E-state index in [1.807, 2.05) is 0 Å². The number of rotatable bonds is 7. The number of hydrogen-bond donors (Lipinski definition) is 1. The van der Waals surface area contributed by atoms with Crippen LogP contribution in [0.2, 0.25) is 0 Å². The van der Waals surface area contributed by atoms with Crippen LogP contribution < -0.4 is 5.32 Å². The van der Waals surface area contributed by atoms with Crippen LogP contribution in [0.25, 0.3) is 0 Å². The summed E-state index contributed by atoms with van der Waals surface area (Å²) in [6, 6.07) is 10.1. The van der Waals surface area contributed by atoms with Crippen molar-refractivity contribution < 1.29 is 18.8 Å². The summed E-state index contributed by atoms with van der Waals surface area (Å²) >= 11 is 1.15. The van der Waals surface area contributed by atoms with Crippen molar-refractivity contribution in [1.29, 1.82) is 0 Å². The van der Waals surface area contributed by atoms with Gasteiger partial charge in [0.05, 0.1) is 23.0 Å². The number of nitro benzene ring substituents is 1. The van der Waals surface area contributed by atoms with Crippen LogP contribution in [-0.4, -0.2) is 55.1 Å². The Kier molecular flexibility index (Phi) is 6.96. The van der Waals surface area contributed by atoms with Crippen molar-refractivity contribution >= 4 is 23.4 Å². The zero-order chi connectivity index (χ0) is 19.9. The molecule has 2 aromatic carbocycles. The fourth-order valence-corrected chi connectivity index (χ4v) is 3.67. The number of halogens is 1. The van der Waals surface area contributed by atoms with E-state index in [0.29, 0.717) is 36.1 Å². The second kappa shape index (κ2) is 9.63. The Labute approximate surface area is 166 Å². The Morgan fingerprint density at radius 2 is 1.93 bits per heavy atom. The fourth-order valence-electron chi connectivity index (χ4n) is 2.77. The minimum Gasteiger partial charge on any atom is -0.379 e. The SMILES string of the molecule is O=C(NCCN1CCOCC1)c1ccc(Sc2ccc(F)cc2)c([N+](=O)[O-])c1. The van der Waals surface area contributed by atoms with Crippen LogP contribution in [0.4, 0.5) is 10.1 Å². The first kappa shape index (κ1) is 20.2. The lowest BCUT2D eigenvalue weighted by atomic mass is 10.2. The molecule has 0 saturated carbocycles. The van der Waals surface area contributed by atoms with Gasteiger partial charge in [-0.3, -0.25) is 19.8 Å². The van der Waals surface area contributed by atoms with Crippen LogP contribution in [-0.2, 0) is 4.74 Å². The molecule has 28 heavy (non-hydrogen) atoms. The van der Waals surface area contributed by atoms with Crippen molar-refractivity contribution in [2.75, 3.05) is 39.4 Å². The first-order valence-electron chi connectivity index (χ1n) is 8.83. The molecule has 0 unspecified atom stereocenters. The summed E-state index contributed by atoms with van der Waals surface area (Å²) in [7, 11) is 0. The number of benzene rings is 2. The predicted octanol–water partition coefficient (Wildman–Crippen LogP) is 2.95. The number of nitro groups is 1. The van der Waals surface area contributed by atoms with E-state index < -0.39 is 4.92 Å². The van der Waals surface area contributed by atoms with Crippen molar-refractivity contribution in [1.82, 2.24) is 10.2 Å². The smallest absolute Gasteiger partial charge is 0.284 e. The number of nitrogens with one attached hydrogen (secondary N) is 1. The van der Waals surface area contributed by atoms with Gasteiger partial charge in [0.15, 0.2) is 0 Å². The number of carbonyl (C=O) groups is 1. The molecule has 0 aliphatic carbocycles. The van der Waals surface area contributed by atoms with Gasteiger partial charge < -0.3 is 10.1 Å². The Balaban J connectivity index is 1.64. The molecular formula is C19H20FN3O4S. The largest absolute Gasteiger partial charge is 0.379 e. The zero-order valence-corrected chi connectivity index (χ0v) is 15.9. The second-order valence-corrected chi connectivity index (χ2v) is 7.32. The Morgan fingerprint density at radius 1 is 1.21 bits per heavy atom. The summed E-state index contributed by atoms with van der Waals surface area (Å²) in [5.74, 6) is -0.724. The second-order valence-electron chi connectivity index (χ2n) is 6.21. The summed E-state index contributed by atoms with van der Waals surface area (Å²) in [6.45, 7) is 4.20. The van der Waals surface area contributed by atoms with Crippen LogP contribution in [0.3, 0.4) is 0 Å². The average Bonchev–Trinajstić information content (AvgIpc) is 2.70. The van der Waals surface area contributed by atoms with Gasteiger partial charge in [-0.15, -0.1) is 0 Å². The molecule has 0 spiro atoms. The third-order valence-electron chi connectivity index (χ3n) is 4.28. The molecule has 1 N–H and O–H groups in total. The highest BCUT2D eigenvalue weighted by atomic mass is 32.2. The molecule has 1 saturated heterocycles. The Morgan fingerprint density at radius 3 is 2.61 bits per heavy atom. The van der Waals surface area contributed by atoms with Crippen LogP contribution in [0.1, 0.15) is 10.4 Å². The molecule has 7 nitrogen and oxygen atoms in total. The third-order valence-corrected chi connectivity index (χ3v) is 5.35. The standard InChI is InChI=1S/C19H20FN3O4S/c20-15-2-4-16(5-3-15)28-18-6-1-14(13-17(18)23(25)26)19(24)21-7-8-22-9-11-27-12-10-22/h1-6,13H,7-12H2,(H,21,24). The monoisotopic (exact) mass is 405 g/mol. The van der Waals surface area contributed by atoms with Crippen LogP contribution in [0, 0.1) is 15.9 Å². The van der Waals surface area contributed by atoms with E-state index in [1.165, 1.54) is 18.2 Å². The minimum absolute atomic E-state index is 0.157. The van der Waals surface area contributed by atoms with Gasteiger partial charge in [-0.05, 0) is 36.4 Å². The van der Waals surface area contributed by atoms with E-state index in [9.17, 15) is 19.3 Å². The highest BCUT2D eigenvalue weighted by Crippen LogP contribution is 2.35. The van der Waals surface area contributed by atoms with Gasteiger partial charge in [0, 0.05) is 42.7 Å². The summed E-state index contributed by atoms with van der Waals surface area (Å²) in [5.41, 5.74) is 0.0762. The maximum Gasteiger partial charge on any atom is 0.284 e. The van der Waals surface area contributed by atoms with Gasteiger partial charge in [0.1, 0.15) is 5.82 Å². The molecule has 0 atom stereocenters. The van der Waals surface area contributed by atoms with Gasteiger partial charge in [-0.25, -0.2) is 4.39 Å². The lowest BCUT2D eigenvalue weighted by Crippen LogP contribution is -2.41. The number of hydrogen-bond acceptors (Lipinski definition) is 6. The van der Waals surface area contributed by atoms with Gasteiger partial charge in [0.25, 0.3) is 11.6 Å². The molecule has 148 valence electrons. The molecule has 1 aliphatic heterocycles. The molecule has 2 aromatic rings. The topological polar surface area (TPSA) is 84.7 Å². The number of ether oxygens (including phenoxy) is 1. The molecule has 9 heteroatoms. The number of amides is 1. The average molecular weight is 405 g/mol. The van der Waals surface area contributed by atoms with Gasteiger partial charge in [0.2, 0.25) is 0 Å². The van der Waals surface area contributed by atoms with E-state index in [2.05, 4.69) is 10.2 Å². The number of nitrogens with zero attached hydrogens (tertiary/aromatic N) is 2. The lowest BCUT2D eigenvalue weighted by molar-refractivity contribution is -0.387. The maximum atomic E-state index is 13.0. The molecule has 0 radical (unpaired) electrons. The first-order valence-corrected chi connectivity index (χ1v) is 9.65. The predicted molar refractivity (Wildman–Crippen MR) is 103 cm³/mol. The summed E-state index contributed by atoms with van der Waals surface area (Å²) in [5, 5.41) is 14.2. The minimum atomic E-state index is -0.517. The number of carbonyl (C=O) groups excluding carboxylic acids is 1. The van der Waals surface area contributed by atoms with E-state index in [-0.39, 0.29) is 23.0 Å². The van der Waals surface area contributed by atoms with Gasteiger partial charge >= 0.3 is 0 Å². The maximum absolute atomic E-state index is 13.0. The summed E-state index contributed by atoms with van der Waals surface area (Å²) in [6.07, 6.45) is 0. The number of morpholine rings is 1. The van der Waals surface area contributed by atoms with Crippen LogP contribution in [0.15, 0.2) is 52.3 Å². The van der Waals surface area contributed by atoms with Crippen molar-refractivity contribution in [2.24, 2.45) is 0 Å². The van der Waals surface area contributed by atoms with Crippen molar-refractivity contribution in [3.05, 3.63) is 64.0 Å². The lowest BCUT2D eigenvalue weighted by Gasteiger charge is -2.26. The molecule has 1 heterocycles. The van der Waals surface area contributed by atoms with Crippen LogP contribution >= 0.6 is 11.8 Å². The quantitative estimate of drug-likeness (QED) is 0.563. The first-order chi connectivity index (χ1) is 13.5. The van der Waals surface area contributed by atoms with Crippen LogP contribution in [0.5, 0.6) is 0 Å². The van der Waals surface area contributed by atoms with E-state index in [0.717, 1.165) is 24.9 Å². The molecule has 1 aliphatic rings. The summed E-state index contributed by atoms with van der Waals surface area (Å²) in [4.78, 5) is 26.5.